The molecule has 0 saturated heterocycles. The van der Waals surface area contributed by atoms with Gasteiger partial charge in [0.05, 0.1) is 29.9 Å². The normalized spacial score (nSPS) is 10.7. The zero-order valence-corrected chi connectivity index (χ0v) is 14.1. The van der Waals surface area contributed by atoms with Crippen molar-refractivity contribution in [3.05, 3.63) is 89.5 Å². The predicted octanol–water partition coefficient (Wildman–Crippen LogP) is 3.31. The van der Waals surface area contributed by atoms with Crippen LogP contribution in [0.4, 0.5) is 0 Å². The molecule has 2 aromatic carbocycles. The van der Waals surface area contributed by atoms with E-state index in [2.05, 4.69) is 22.9 Å². The molecule has 1 N–H and O–H groups in total. The number of nitriles is 1. The van der Waals surface area contributed by atoms with Gasteiger partial charge in [-0.1, -0.05) is 42.2 Å². The van der Waals surface area contributed by atoms with Gasteiger partial charge in [0, 0.05) is 12.1 Å². The van der Waals surface area contributed by atoms with Gasteiger partial charge in [-0.3, -0.25) is 0 Å². The number of rotatable bonds is 3. The fourth-order valence-corrected chi connectivity index (χ4v) is 2.32. The molecule has 0 aliphatic carbocycles. The number of hydrogen-bond donors (Lipinski definition) is 1. The maximum atomic E-state index is 10.3. The molecule has 0 amide bonds. The Morgan fingerprint density at radius 3 is 2.44 bits per heavy atom. The summed E-state index contributed by atoms with van der Waals surface area (Å²) in [5.41, 5.74) is 3.15. The van der Waals surface area contributed by atoms with E-state index in [1.165, 1.54) is 0 Å². The Bertz CT molecular complexity index is 915. The Balaban J connectivity index is 0.00000225. The van der Waals surface area contributed by atoms with Crippen LogP contribution in [0.15, 0.2) is 67.1 Å². The highest BCUT2D eigenvalue weighted by molar-refractivity contribution is 5.85. The van der Waals surface area contributed by atoms with Crippen molar-refractivity contribution < 1.29 is 5.11 Å². The molecule has 0 bridgehead atoms. The van der Waals surface area contributed by atoms with Crippen LogP contribution in [0.25, 0.3) is 0 Å². The van der Waals surface area contributed by atoms with Crippen LogP contribution < -0.4 is 0 Å². The molecular formula is C20H16ClN3O. The van der Waals surface area contributed by atoms with Crippen molar-refractivity contribution in [1.82, 2.24) is 9.55 Å². The van der Waals surface area contributed by atoms with Gasteiger partial charge >= 0.3 is 0 Å². The first kappa shape index (κ1) is 18.3. The van der Waals surface area contributed by atoms with Gasteiger partial charge in [0.25, 0.3) is 0 Å². The van der Waals surface area contributed by atoms with E-state index >= 15 is 0 Å². The van der Waals surface area contributed by atoms with Gasteiger partial charge in [-0.15, -0.1) is 12.4 Å². The van der Waals surface area contributed by atoms with E-state index in [1.54, 1.807) is 24.7 Å². The lowest BCUT2D eigenvalue weighted by Crippen LogP contribution is -2.07. The maximum Gasteiger partial charge on any atom is 0.156 e. The first-order valence-corrected chi connectivity index (χ1v) is 7.50. The van der Waals surface area contributed by atoms with Crippen molar-refractivity contribution in [2.45, 2.75) is 12.6 Å². The van der Waals surface area contributed by atoms with Crippen molar-refractivity contribution in [1.29, 1.82) is 5.26 Å². The van der Waals surface area contributed by atoms with Crippen LogP contribution in [0.1, 0.15) is 28.5 Å². The Morgan fingerprint density at radius 2 is 1.76 bits per heavy atom. The molecule has 0 spiro atoms. The molecule has 1 aromatic heterocycles. The quantitative estimate of drug-likeness (QED) is 0.738. The summed E-state index contributed by atoms with van der Waals surface area (Å²) >= 11 is 0. The third-order valence-corrected chi connectivity index (χ3v) is 3.59. The highest BCUT2D eigenvalue weighted by atomic mass is 35.5. The van der Waals surface area contributed by atoms with Crippen LogP contribution >= 0.6 is 12.4 Å². The van der Waals surface area contributed by atoms with Gasteiger partial charge in [-0.05, 0) is 29.8 Å². The Kier molecular flexibility index (Phi) is 6.37. The maximum absolute atomic E-state index is 10.3. The lowest BCUT2D eigenvalue weighted by atomic mass is 10.1. The number of nitrogens with zero attached hydrogens (tertiary/aromatic N) is 3. The molecule has 25 heavy (non-hydrogen) atoms. The van der Waals surface area contributed by atoms with Crippen molar-refractivity contribution in [2.24, 2.45) is 0 Å². The number of halogens is 1. The van der Waals surface area contributed by atoms with Gasteiger partial charge in [-0.25, -0.2) is 4.98 Å². The average molecular weight is 350 g/mol. The minimum absolute atomic E-state index is 0. The van der Waals surface area contributed by atoms with Crippen molar-refractivity contribution in [3.63, 3.8) is 0 Å². The summed E-state index contributed by atoms with van der Waals surface area (Å²) in [5, 5.41) is 19.2. The molecule has 1 unspecified atom stereocenters. The van der Waals surface area contributed by atoms with E-state index < -0.39 is 6.10 Å². The van der Waals surface area contributed by atoms with E-state index in [9.17, 15) is 5.11 Å². The average Bonchev–Trinajstić information content (AvgIpc) is 3.09. The van der Waals surface area contributed by atoms with E-state index in [0.29, 0.717) is 17.8 Å². The molecule has 0 saturated carbocycles. The highest BCUT2D eigenvalue weighted by Crippen LogP contribution is 2.14. The third-order valence-electron chi connectivity index (χ3n) is 3.59. The fraction of sp³-hybridized carbons (Fsp3) is 0.100. The second-order valence-electron chi connectivity index (χ2n) is 5.29. The first-order chi connectivity index (χ1) is 11.8. The molecule has 3 aromatic rings. The predicted molar refractivity (Wildman–Crippen MR) is 98.0 cm³/mol. The zero-order chi connectivity index (χ0) is 16.8. The monoisotopic (exact) mass is 349 g/mol. The molecule has 0 fully saturated rings. The topological polar surface area (TPSA) is 61.8 Å². The Morgan fingerprint density at radius 1 is 1.04 bits per heavy atom. The van der Waals surface area contributed by atoms with E-state index in [-0.39, 0.29) is 12.4 Å². The fourth-order valence-electron chi connectivity index (χ4n) is 2.32. The van der Waals surface area contributed by atoms with E-state index in [0.717, 1.165) is 11.1 Å². The minimum atomic E-state index is -0.911. The summed E-state index contributed by atoms with van der Waals surface area (Å²) in [5.74, 6) is 5.81. The van der Waals surface area contributed by atoms with Crippen LogP contribution in [-0.4, -0.2) is 14.7 Å². The number of aliphatic hydroxyl groups is 1. The summed E-state index contributed by atoms with van der Waals surface area (Å²) in [6.07, 6.45) is 2.38. The second-order valence-corrected chi connectivity index (χ2v) is 5.29. The molecule has 3 rings (SSSR count). The third kappa shape index (κ3) is 4.71. The molecule has 124 valence electrons. The standard InChI is InChI=1S/C20H15N3O.ClH/c21-12-17-6-8-18(9-7-17)14-23-15-22-13-19(23)20(24)11-10-16-4-2-1-3-5-16;/h1-9,13,15,20,24H,14H2;1H. The van der Waals surface area contributed by atoms with Crippen molar-refractivity contribution in [2.75, 3.05) is 0 Å². The molecule has 5 heteroatoms. The summed E-state index contributed by atoms with van der Waals surface area (Å²) in [6, 6.07) is 19.0. The lowest BCUT2D eigenvalue weighted by Gasteiger charge is -2.09. The number of benzene rings is 2. The molecule has 1 heterocycles. The van der Waals surface area contributed by atoms with Gasteiger partial charge in [0.15, 0.2) is 6.10 Å². The van der Waals surface area contributed by atoms with Crippen LogP contribution in [-0.2, 0) is 6.54 Å². The molecular weight excluding hydrogens is 334 g/mol. The number of imidazole rings is 1. The van der Waals surface area contributed by atoms with Crippen LogP contribution in [0, 0.1) is 23.2 Å². The summed E-state index contributed by atoms with van der Waals surface area (Å²) < 4.78 is 1.85. The number of aromatic nitrogens is 2. The Labute approximate surface area is 152 Å². The summed E-state index contributed by atoms with van der Waals surface area (Å²) in [6.45, 7) is 0.561. The van der Waals surface area contributed by atoms with Crippen LogP contribution in [0.5, 0.6) is 0 Å². The molecule has 0 aliphatic rings. The van der Waals surface area contributed by atoms with Gasteiger partial charge in [-0.2, -0.15) is 5.26 Å². The van der Waals surface area contributed by atoms with Gasteiger partial charge in [0.2, 0.25) is 0 Å². The SMILES string of the molecule is Cl.N#Cc1ccc(Cn2cncc2C(O)C#Cc2ccccc2)cc1. The molecule has 4 nitrogen and oxygen atoms in total. The smallest absolute Gasteiger partial charge is 0.156 e. The zero-order valence-electron chi connectivity index (χ0n) is 13.3. The van der Waals surface area contributed by atoms with E-state index in [1.807, 2.05) is 47.0 Å². The minimum Gasteiger partial charge on any atom is -0.374 e. The highest BCUT2D eigenvalue weighted by Gasteiger charge is 2.10. The molecule has 1 atom stereocenters. The van der Waals surface area contributed by atoms with Gasteiger partial charge < -0.3 is 9.67 Å². The van der Waals surface area contributed by atoms with E-state index in [4.69, 9.17) is 5.26 Å². The Hall–Kier alpha value is -3.05. The second kappa shape index (κ2) is 8.70. The molecule has 0 aliphatic heterocycles. The van der Waals surface area contributed by atoms with Crippen LogP contribution in [0.2, 0.25) is 0 Å². The lowest BCUT2D eigenvalue weighted by molar-refractivity contribution is 0.228. The first-order valence-electron chi connectivity index (χ1n) is 7.50. The van der Waals surface area contributed by atoms with Crippen LogP contribution in [0.3, 0.4) is 0 Å². The van der Waals surface area contributed by atoms with Crippen molar-refractivity contribution >= 4 is 12.4 Å². The van der Waals surface area contributed by atoms with Gasteiger partial charge in [0.1, 0.15) is 0 Å². The molecule has 0 radical (unpaired) electrons. The largest absolute Gasteiger partial charge is 0.374 e. The number of hydrogen-bond acceptors (Lipinski definition) is 3. The van der Waals surface area contributed by atoms with Crippen molar-refractivity contribution in [3.8, 4) is 17.9 Å². The summed E-state index contributed by atoms with van der Waals surface area (Å²) in [7, 11) is 0. The summed E-state index contributed by atoms with van der Waals surface area (Å²) in [4.78, 5) is 4.11. The number of aliphatic hydroxyl groups excluding tert-OH is 1.